The molecule has 1 aliphatic heterocycles. The molecule has 4 atom stereocenters. The number of carbonyl (C=O) groups excluding carboxylic acids is 3. The quantitative estimate of drug-likeness (QED) is 0.340. The number of rotatable bonds is 7. The van der Waals surface area contributed by atoms with Crippen LogP contribution in [0, 0.1) is 19.8 Å². The number of aliphatic hydroxyl groups excluding tert-OH is 1. The van der Waals surface area contributed by atoms with Gasteiger partial charge in [-0.2, -0.15) is 0 Å². The van der Waals surface area contributed by atoms with Gasteiger partial charge in [-0.1, -0.05) is 12.1 Å². The third-order valence-corrected chi connectivity index (χ3v) is 7.79. The van der Waals surface area contributed by atoms with E-state index in [9.17, 15) is 19.5 Å². The van der Waals surface area contributed by atoms with Crippen molar-refractivity contribution in [3.8, 4) is 5.75 Å². The first kappa shape index (κ1) is 35.6. The zero-order chi connectivity index (χ0) is 33.3. The number of likely N-dealkylation sites (N-methyl/N-ethyl adjacent to an activating group) is 1. The van der Waals surface area contributed by atoms with Crippen molar-refractivity contribution in [1.82, 2.24) is 20.3 Å². The molecule has 1 aromatic carbocycles. The third-order valence-electron chi connectivity index (χ3n) is 7.79. The largest absolute Gasteiger partial charge is 0.490 e. The SMILES string of the molecule is Cc1noc(C)c1NC(=O)Nc1ccc2c(c1)C(=O)N([C@H](C)CO)C[C@H](C)[C@H](CN(C)C(=O)NC(C)C)OCCCC[C@@H](C)O2. The highest BCUT2D eigenvalue weighted by Crippen LogP contribution is 2.29. The number of anilines is 2. The molecule has 250 valence electrons. The lowest BCUT2D eigenvalue weighted by atomic mass is 10.0. The summed E-state index contributed by atoms with van der Waals surface area (Å²) in [7, 11) is 1.73. The molecule has 13 heteroatoms. The molecule has 0 spiro atoms. The Morgan fingerprint density at radius 3 is 2.53 bits per heavy atom. The molecular formula is C32H50N6O7. The second-order valence-electron chi connectivity index (χ2n) is 12.3. The molecule has 0 aliphatic carbocycles. The van der Waals surface area contributed by atoms with Crippen LogP contribution in [0.15, 0.2) is 22.7 Å². The first-order chi connectivity index (χ1) is 21.3. The Balaban J connectivity index is 1.93. The number of hydrogen-bond donors (Lipinski definition) is 4. The van der Waals surface area contributed by atoms with Gasteiger partial charge < -0.3 is 44.9 Å². The summed E-state index contributed by atoms with van der Waals surface area (Å²) in [6, 6.07) is 3.69. The minimum atomic E-state index is -0.528. The summed E-state index contributed by atoms with van der Waals surface area (Å²) in [6.45, 7) is 13.8. The predicted molar refractivity (Wildman–Crippen MR) is 172 cm³/mol. The molecule has 0 saturated carbocycles. The average Bonchev–Trinajstić information content (AvgIpc) is 3.30. The topological polar surface area (TPSA) is 158 Å². The number of fused-ring (bicyclic) bond motifs is 1. The smallest absolute Gasteiger partial charge is 0.323 e. The van der Waals surface area contributed by atoms with Crippen molar-refractivity contribution < 1.29 is 33.5 Å². The second-order valence-corrected chi connectivity index (χ2v) is 12.3. The minimum Gasteiger partial charge on any atom is -0.490 e. The van der Waals surface area contributed by atoms with Gasteiger partial charge >= 0.3 is 12.1 Å². The summed E-state index contributed by atoms with van der Waals surface area (Å²) in [5.74, 6) is 0.316. The lowest BCUT2D eigenvalue weighted by Gasteiger charge is -2.36. The van der Waals surface area contributed by atoms with E-state index < -0.39 is 12.1 Å². The summed E-state index contributed by atoms with van der Waals surface area (Å²) in [5.41, 5.74) is 1.65. The number of aliphatic hydroxyl groups is 1. The molecule has 1 aliphatic rings. The fourth-order valence-corrected chi connectivity index (χ4v) is 5.11. The fourth-order valence-electron chi connectivity index (χ4n) is 5.11. The Hall–Kier alpha value is -3.84. The van der Waals surface area contributed by atoms with Crippen LogP contribution in [0.2, 0.25) is 0 Å². The molecule has 0 fully saturated rings. The third kappa shape index (κ3) is 10.1. The minimum absolute atomic E-state index is 0.00794. The molecule has 2 aromatic rings. The highest BCUT2D eigenvalue weighted by molar-refractivity contribution is 6.03. The van der Waals surface area contributed by atoms with Crippen molar-refractivity contribution in [3.05, 3.63) is 35.2 Å². The van der Waals surface area contributed by atoms with Gasteiger partial charge in [0, 0.05) is 44.4 Å². The number of ether oxygens (including phenoxy) is 2. The number of aromatic nitrogens is 1. The van der Waals surface area contributed by atoms with Crippen molar-refractivity contribution >= 4 is 29.3 Å². The van der Waals surface area contributed by atoms with Gasteiger partial charge in [0.2, 0.25) is 0 Å². The number of benzene rings is 1. The molecule has 0 saturated heterocycles. The van der Waals surface area contributed by atoms with Crippen molar-refractivity contribution in [1.29, 1.82) is 0 Å². The highest BCUT2D eigenvalue weighted by atomic mass is 16.5. The van der Waals surface area contributed by atoms with Gasteiger partial charge in [0.15, 0.2) is 5.76 Å². The molecule has 4 N–H and O–H groups in total. The summed E-state index contributed by atoms with van der Waals surface area (Å²) in [6.07, 6.45) is 1.86. The molecule has 13 nitrogen and oxygen atoms in total. The van der Waals surface area contributed by atoms with Crippen LogP contribution >= 0.6 is 0 Å². The van der Waals surface area contributed by atoms with E-state index in [4.69, 9.17) is 14.0 Å². The van der Waals surface area contributed by atoms with Crippen molar-refractivity contribution in [2.45, 2.75) is 92.0 Å². The van der Waals surface area contributed by atoms with Crippen molar-refractivity contribution in [2.24, 2.45) is 5.92 Å². The fraction of sp³-hybridized carbons (Fsp3) is 0.625. The summed E-state index contributed by atoms with van der Waals surface area (Å²) in [5, 5.41) is 22.5. The van der Waals surface area contributed by atoms with Crippen LogP contribution in [0.4, 0.5) is 21.0 Å². The Morgan fingerprint density at radius 2 is 1.89 bits per heavy atom. The van der Waals surface area contributed by atoms with E-state index in [-0.39, 0.29) is 54.8 Å². The molecule has 0 radical (unpaired) electrons. The van der Waals surface area contributed by atoms with Crippen LogP contribution in [0.5, 0.6) is 5.75 Å². The Kier molecular flexibility index (Phi) is 13.0. The molecular weight excluding hydrogens is 580 g/mol. The molecule has 0 unspecified atom stereocenters. The maximum Gasteiger partial charge on any atom is 0.323 e. The zero-order valence-electron chi connectivity index (χ0n) is 27.8. The van der Waals surface area contributed by atoms with Gasteiger partial charge in [0.1, 0.15) is 17.1 Å². The maximum atomic E-state index is 14.3. The molecule has 45 heavy (non-hydrogen) atoms. The van der Waals surface area contributed by atoms with Gasteiger partial charge in [0.25, 0.3) is 5.91 Å². The number of nitrogens with zero attached hydrogens (tertiary/aromatic N) is 3. The highest BCUT2D eigenvalue weighted by Gasteiger charge is 2.31. The molecule has 2 heterocycles. The van der Waals surface area contributed by atoms with Crippen LogP contribution in [0.3, 0.4) is 0 Å². The predicted octanol–water partition coefficient (Wildman–Crippen LogP) is 4.78. The number of amides is 5. The average molecular weight is 631 g/mol. The first-order valence-electron chi connectivity index (χ1n) is 15.7. The number of carbonyl (C=O) groups is 3. The Morgan fingerprint density at radius 1 is 1.16 bits per heavy atom. The number of hydrogen-bond acceptors (Lipinski definition) is 8. The van der Waals surface area contributed by atoms with E-state index in [0.29, 0.717) is 41.7 Å². The number of urea groups is 2. The summed E-state index contributed by atoms with van der Waals surface area (Å²) >= 11 is 0. The summed E-state index contributed by atoms with van der Waals surface area (Å²) < 4.78 is 17.7. The number of aryl methyl sites for hydroxylation is 2. The molecule has 5 amide bonds. The second kappa shape index (κ2) is 16.5. The van der Waals surface area contributed by atoms with Crippen LogP contribution in [-0.4, -0.2) is 95.7 Å². The summed E-state index contributed by atoms with van der Waals surface area (Å²) in [4.78, 5) is 43.0. The molecule has 0 bridgehead atoms. The van der Waals surface area contributed by atoms with E-state index in [2.05, 4.69) is 21.1 Å². The zero-order valence-corrected chi connectivity index (χ0v) is 27.8. The van der Waals surface area contributed by atoms with Crippen molar-refractivity contribution in [2.75, 3.05) is 44.0 Å². The lowest BCUT2D eigenvalue weighted by Crippen LogP contribution is -2.49. The Bertz CT molecular complexity index is 1280. The number of nitrogens with one attached hydrogen (secondary N) is 3. The Labute approximate surface area is 266 Å². The maximum absolute atomic E-state index is 14.3. The van der Waals surface area contributed by atoms with Crippen LogP contribution < -0.4 is 20.7 Å². The van der Waals surface area contributed by atoms with Gasteiger partial charge in [-0.15, -0.1) is 0 Å². The van der Waals surface area contributed by atoms with Gasteiger partial charge in [-0.25, -0.2) is 9.59 Å². The van der Waals surface area contributed by atoms with Gasteiger partial charge in [0.05, 0.1) is 30.4 Å². The van der Waals surface area contributed by atoms with E-state index in [0.717, 1.165) is 19.3 Å². The van der Waals surface area contributed by atoms with E-state index in [1.165, 1.54) is 0 Å². The van der Waals surface area contributed by atoms with E-state index in [1.54, 1.807) is 55.8 Å². The molecule has 3 rings (SSSR count). The normalized spacial score (nSPS) is 20.4. The van der Waals surface area contributed by atoms with Crippen LogP contribution in [0.25, 0.3) is 0 Å². The van der Waals surface area contributed by atoms with Gasteiger partial charge in [-0.05, 0) is 79.0 Å². The molecule has 1 aromatic heterocycles. The monoisotopic (exact) mass is 630 g/mol. The van der Waals surface area contributed by atoms with Gasteiger partial charge in [-0.3, -0.25) is 4.79 Å². The first-order valence-corrected chi connectivity index (χ1v) is 15.7. The van der Waals surface area contributed by atoms with Crippen LogP contribution in [-0.2, 0) is 4.74 Å². The lowest BCUT2D eigenvalue weighted by molar-refractivity contribution is -0.0122. The standard InChI is InChI=1S/C32H50N6O7/c1-19(2)33-32(42)37(8)17-28-20(3)16-38(21(4)18-39)30(40)26-15-25(34-31(41)35-29-23(6)36-45-24(29)7)12-13-27(26)44-22(5)11-9-10-14-43-28/h12-13,15,19-22,28,39H,9-11,14,16-18H2,1-8H3,(H,33,42)(H2,34,35,41)/t20-,21+,22+,28-/m0/s1. The van der Waals surface area contributed by atoms with Crippen molar-refractivity contribution in [3.63, 3.8) is 0 Å². The van der Waals surface area contributed by atoms with E-state index >= 15 is 0 Å². The van der Waals surface area contributed by atoms with Crippen LogP contribution in [0.1, 0.15) is 75.7 Å². The van der Waals surface area contributed by atoms with E-state index in [1.807, 2.05) is 27.7 Å².